The van der Waals surface area contributed by atoms with E-state index in [9.17, 15) is 14.4 Å². The number of nitrogens with one attached hydrogen (secondary N) is 1. The van der Waals surface area contributed by atoms with Crippen LogP contribution in [0.5, 0.6) is 0 Å². The van der Waals surface area contributed by atoms with E-state index >= 15 is 0 Å². The van der Waals surface area contributed by atoms with E-state index in [4.69, 9.17) is 19.7 Å². The number of carboxylic acids is 2. The Balaban J connectivity index is 0. The van der Waals surface area contributed by atoms with Crippen LogP contribution in [0, 0.1) is 0 Å². The molecule has 0 unspecified atom stereocenters. The maximum absolute atomic E-state index is 11.0. The van der Waals surface area contributed by atoms with E-state index in [1.807, 2.05) is 0 Å². The molecule has 0 atom stereocenters. The Morgan fingerprint density at radius 3 is 1.29 bits per heavy atom. The lowest BCUT2D eigenvalue weighted by Gasteiger charge is -2.24. The SMILES string of the molecule is CC(C)(C)OC(=O)OC(C)(C)C.O=C(O)CNCC(=O)O. The van der Waals surface area contributed by atoms with Gasteiger partial charge in [0.25, 0.3) is 0 Å². The van der Waals surface area contributed by atoms with Gasteiger partial charge in [-0.15, -0.1) is 0 Å². The second-order valence-corrected chi connectivity index (χ2v) is 6.07. The van der Waals surface area contributed by atoms with Crippen LogP contribution < -0.4 is 5.32 Å². The van der Waals surface area contributed by atoms with Gasteiger partial charge in [-0.2, -0.15) is 0 Å². The fraction of sp³-hybridized carbons (Fsp3) is 0.769. The van der Waals surface area contributed by atoms with Gasteiger partial charge in [0, 0.05) is 0 Å². The molecular formula is C13H25NO7. The average Bonchev–Trinajstić information content (AvgIpc) is 2.09. The molecule has 0 rings (SSSR count). The molecule has 0 aliphatic rings. The van der Waals surface area contributed by atoms with Gasteiger partial charge in [-0.1, -0.05) is 0 Å². The summed E-state index contributed by atoms with van der Waals surface area (Å²) in [6.45, 7) is 10.2. The van der Waals surface area contributed by atoms with E-state index in [1.165, 1.54) is 0 Å². The van der Waals surface area contributed by atoms with Gasteiger partial charge in [-0.3, -0.25) is 14.9 Å². The first-order chi connectivity index (χ1) is 9.23. The molecule has 3 N–H and O–H groups in total. The Morgan fingerprint density at radius 1 is 0.810 bits per heavy atom. The summed E-state index contributed by atoms with van der Waals surface area (Å²) in [6, 6.07) is 0. The largest absolute Gasteiger partial charge is 0.509 e. The van der Waals surface area contributed by atoms with Gasteiger partial charge in [0.1, 0.15) is 11.2 Å². The summed E-state index contributed by atoms with van der Waals surface area (Å²) in [7, 11) is 0. The van der Waals surface area contributed by atoms with Gasteiger partial charge < -0.3 is 19.7 Å². The number of rotatable bonds is 4. The van der Waals surface area contributed by atoms with E-state index in [0.717, 1.165) is 0 Å². The molecule has 0 aromatic rings. The lowest BCUT2D eigenvalue weighted by atomic mass is 10.2. The minimum absolute atomic E-state index is 0.313. The first kappa shape index (κ1) is 21.5. The predicted octanol–water partition coefficient (Wildman–Crippen LogP) is 1.48. The van der Waals surface area contributed by atoms with Gasteiger partial charge >= 0.3 is 18.1 Å². The average molecular weight is 307 g/mol. The van der Waals surface area contributed by atoms with Crippen LogP contribution in [0.25, 0.3) is 0 Å². The van der Waals surface area contributed by atoms with Crippen LogP contribution in [-0.2, 0) is 19.1 Å². The fourth-order valence-corrected chi connectivity index (χ4v) is 0.797. The number of ether oxygens (including phenoxy) is 2. The van der Waals surface area contributed by atoms with Crippen molar-refractivity contribution in [1.82, 2.24) is 5.32 Å². The zero-order chi connectivity index (χ0) is 17.3. The number of carbonyl (C=O) groups excluding carboxylic acids is 1. The zero-order valence-corrected chi connectivity index (χ0v) is 13.3. The molecule has 0 fully saturated rings. The molecule has 0 heterocycles. The second-order valence-electron chi connectivity index (χ2n) is 6.07. The van der Waals surface area contributed by atoms with Crippen LogP contribution in [-0.4, -0.2) is 52.6 Å². The Bertz CT molecular complexity index is 321. The zero-order valence-electron chi connectivity index (χ0n) is 13.3. The number of carboxylic acid groups (broad SMARTS) is 2. The molecule has 0 saturated carbocycles. The Morgan fingerprint density at radius 2 is 1.10 bits per heavy atom. The Hall–Kier alpha value is -1.83. The monoisotopic (exact) mass is 307 g/mol. The highest BCUT2D eigenvalue weighted by molar-refractivity contribution is 5.72. The first-order valence-electron chi connectivity index (χ1n) is 6.29. The molecule has 0 spiro atoms. The maximum atomic E-state index is 11.0. The van der Waals surface area contributed by atoms with Crippen molar-refractivity contribution in [2.75, 3.05) is 13.1 Å². The molecule has 0 bridgehead atoms. The number of hydrogen-bond acceptors (Lipinski definition) is 6. The summed E-state index contributed by atoms with van der Waals surface area (Å²) in [5, 5.41) is 18.1. The standard InChI is InChI=1S/C9H18O3.C4H7NO4/c1-8(2,3)11-7(10)12-9(4,5)6;6-3(7)1-5-2-4(8)9/h1-6H3;5H,1-2H2,(H,6,7)(H,8,9). The third kappa shape index (κ3) is 23.7. The molecule has 124 valence electrons. The summed E-state index contributed by atoms with van der Waals surface area (Å²) < 4.78 is 9.91. The number of aliphatic carboxylic acids is 2. The minimum atomic E-state index is -1.06. The van der Waals surface area contributed by atoms with Crippen molar-refractivity contribution in [3.05, 3.63) is 0 Å². The van der Waals surface area contributed by atoms with Gasteiger partial charge in [-0.25, -0.2) is 4.79 Å². The van der Waals surface area contributed by atoms with Crippen molar-refractivity contribution in [3.8, 4) is 0 Å². The Labute approximate surface area is 124 Å². The molecule has 0 radical (unpaired) electrons. The highest BCUT2D eigenvalue weighted by atomic mass is 16.7. The third-order valence-corrected chi connectivity index (χ3v) is 1.33. The minimum Gasteiger partial charge on any atom is -0.480 e. The smallest absolute Gasteiger partial charge is 0.480 e. The topological polar surface area (TPSA) is 122 Å². The molecule has 8 heteroatoms. The quantitative estimate of drug-likeness (QED) is 0.667. The molecule has 0 aromatic carbocycles. The van der Waals surface area contributed by atoms with Crippen molar-refractivity contribution >= 4 is 18.1 Å². The van der Waals surface area contributed by atoms with Crippen LogP contribution in [0.2, 0.25) is 0 Å². The van der Waals surface area contributed by atoms with Crippen LogP contribution in [0.4, 0.5) is 4.79 Å². The van der Waals surface area contributed by atoms with Crippen LogP contribution in [0.3, 0.4) is 0 Å². The lowest BCUT2D eigenvalue weighted by molar-refractivity contribution is -0.137. The molecule has 0 aliphatic carbocycles. The van der Waals surface area contributed by atoms with Crippen LogP contribution >= 0.6 is 0 Å². The van der Waals surface area contributed by atoms with Crippen LogP contribution in [0.15, 0.2) is 0 Å². The maximum Gasteiger partial charge on any atom is 0.509 e. The number of hydrogen-bond donors (Lipinski definition) is 3. The molecule has 0 saturated heterocycles. The molecule has 21 heavy (non-hydrogen) atoms. The third-order valence-electron chi connectivity index (χ3n) is 1.33. The normalized spacial score (nSPS) is 11.0. The molecule has 0 aliphatic heterocycles. The van der Waals surface area contributed by atoms with E-state index in [1.54, 1.807) is 41.5 Å². The Kier molecular flexibility index (Phi) is 9.37. The molecule has 8 nitrogen and oxygen atoms in total. The van der Waals surface area contributed by atoms with E-state index in [0.29, 0.717) is 0 Å². The van der Waals surface area contributed by atoms with Gasteiger partial charge in [0.05, 0.1) is 13.1 Å². The van der Waals surface area contributed by atoms with E-state index in [2.05, 4.69) is 5.32 Å². The second kappa shape index (κ2) is 9.17. The van der Waals surface area contributed by atoms with Gasteiger partial charge in [-0.05, 0) is 41.5 Å². The summed E-state index contributed by atoms with van der Waals surface area (Å²) in [5.74, 6) is -2.12. The van der Waals surface area contributed by atoms with Gasteiger partial charge in [0.2, 0.25) is 0 Å². The van der Waals surface area contributed by atoms with Crippen molar-refractivity contribution in [1.29, 1.82) is 0 Å². The van der Waals surface area contributed by atoms with Crippen molar-refractivity contribution in [2.24, 2.45) is 0 Å². The summed E-state index contributed by atoms with van der Waals surface area (Å²) >= 11 is 0. The summed E-state index contributed by atoms with van der Waals surface area (Å²) in [4.78, 5) is 30.5. The predicted molar refractivity (Wildman–Crippen MR) is 75.2 cm³/mol. The fourth-order valence-electron chi connectivity index (χ4n) is 0.797. The van der Waals surface area contributed by atoms with Gasteiger partial charge in [0.15, 0.2) is 0 Å². The highest BCUT2D eigenvalue weighted by Crippen LogP contribution is 2.13. The van der Waals surface area contributed by atoms with Crippen molar-refractivity contribution in [3.63, 3.8) is 0 Å². The van der Waals surface area contributed by atoms with E-state index in [-0.39, 0.29) is 13.1 Å². The number of carbonyl (C=O) groups is 3. The lowest BCUT2D eigenvalue weighted by Crippen LogP contribution is -2.30. The molecule has 0 aromatic heterocycles. The van der Waals surface area contributed by atoms with Crippen molar-refractivity contribution in [2.45, 2.75) is 52.7 Å². The molecular weight excluding hydrogens is 282 g/mol. The van der Waals surface area contributed by atoms with Crippen LogP contribution in [0.1, 0.15) is 41.5 Å². The van der Waals surface area contributed by atoms with Crippen molar-refractivity contribution < 1.29 is 34.1 Å². The highest BCUT2D eigenvalue weighted by Gasteiger charge is 2.22. The van der Waals surface area contributed by atoms with E-state index < -0.39 is 29.3 Å². The molecule has 0 amide bonds. The summed E-state index contributed by atoms with van der Waals surface area (Å²) in [6.07, 6.45) is -0.616. The summed E-state index contributed by atoms with van der Waals surface area (Å²) in [5.41, 5.74) is -0.968. The first-order valence-corrected chi connectivity index (χ1v) is 6.29.